The molecule has 3 amide bonds. The average Bonchev–Trinajstić information content (AvgIpc) is 3.45. The third kappa shape index (κ3) is 8.68. The number of rotatable bonds is 9. The molecule has 1 aromatic heterocycles. The Morgan fingerprint density at radius 1 is 0.864 bits per heavy atom. The molecule has 3 aromatic carbocycles. The zero-order valence-corrected chi connectivity index (χ0v) is 25.6. The number of nitrogens with one attached hydrogen (secondary N) is 3. The van der Waals surface area contributed by atoms with E-state index < -0.39 is 27.6 Å². The Kier molecular flexibility index (Phi) is 9.70. The number of amides is 3. The van der Waals surface area contributed by atoms with Crippen molar-refractivity contribution < 1.29 is 27.5 Å². The summed E-state index contributed by atoms with van der Waals surface area (Å²) in [5.74, 6) is -0.615. The lowest BCUT2D eigenvalue weighted by atomic mass is 10.0. The summed E-state index contributed by atoms with van der Waals surface area (Å²) >= 11 is 0. The second-order valence-corrected chi connectivity index (χ2v) is 12.8. The normalized spacial score (nSPS) is 11.6. The van der Waals surface area contributed by atoms with E-state index in [2.05, 4.69) is 16.0 Å². The predicted molar refractivity (Wildman–Crippen MR) is 170 cm³/mol. The molecule has 0 saturated carbocycles. The molecule has 0 saturated heterocycles. The quantitative estimate of drug-likeness (QED) is 0.197. The van der Waals surface area contributed by atoms with Gasteiger partial charge >= 0.3 is 6.09 Å². The highest BCUT2D eigenvalue weighted by molar-refractivity contribution is 7.90. The van der Waals surface area contributed by atoms with Crippen LogP contribution >= 0.6 is 0 Å². The summed E-state index contributed by atoms with van der Waals surface area (Å²) in [5, 5.41) is 8.09. The van der Waals surface area contributed by atoms with Gasteiger partial charge in [0.05, 0.1) is 16.3 Å². The second-order valence-electron chi connectivity index (χ2n) is 10.9. The molecule has 0 fully saturated rings. The molecule has 3 N–H and O–H groups in total. The van der Waals surface area contributed by atoms with Gasteiger partial charge in [0, 0.05) is 31.9 Å². The van der Waals surface area contributed by atoms with Crippen molar-refractivity contribution in [2.24, 2.45) is 0 Å². The van der Waals surface area contributed by atoms with Gasteiger partial charge in [0.1, 0.15) is 5.60 Å². The summed E-state index contributed by atoms with van der Waals surface area (Å²) in [6.45, 7) is 7.06. The van der Waals surface area contributed by atoms with Crippen molar-refractivity contribution in [2.45, 2.75) is 44.7 Å². The molecule has 0 bridgehead atoms. The van der Waals surface area contributed by atoms with Gasteiger partial charge in [0.2, 0.25) is 11.8 Å². The second kappa shape index (κ2) is 13.4. The fourth-order valence-electron chi connectivity index (χ4n) is 4.15. The highest BCUT2D eigenvalue weighted by atomic mass is 32.2. The first-order chi connectivity index (χ1) is 20.8. The van der Waals surface area contributed by atoms with Crippen LogP contribution in [0, 0.1) is 0 Å². The van der Waals surface area contributed by atoms with Crippen LogP contribution in [0.25, 0.3) is 17.2 Å². The SMILES string of the molecule is CC(=O)NCc1cccc(-c2cccc(S(=O)(=O)n3ccc(/C=C/C(=O)Nc4ccccc4NC(=O)OC(C)(C)C)c3)c2)c1. The van der Waals surface area contributed by atoms with Crippen molar-refractivity contribution in [3.63, 3.8) is 0 Å². The van der Waals surface area contributed by atoms with E-state index in [1.807, 2.05) is 30.3 Å². The lowest BCUT2D eigenvalue weighted by molar-refractivity contribution is -0.119. The topological polar surface area (TPSA) is 136 Å². The summed E-state index contributed by atoms with van der Waals surface area (Å²) in [4.78, 5) is 36.2. The van der Waals surface area contributed by atoms with Gasteiger partial charge in [-0.3, -0.25) is 14.9 Å². The van der Waals surface area contributed by atoms with Crippen LogP contribution in [0.4, 0.5) is 16.2 Å². The molecule has 4 aromatic rings. The number of carbonyl (C=O) groups excluding carboxylic acids is 3. The number of carbonyl (C=O) groups is 3. The van der Waals surface area contributed by atoms with Gasteiger partial charge in [0.25, 0.3) is 10.0 Å². The minimum atomic E-state index is -3.92. The van der Waals surface area contributed by atoms with Crippen LogP contribution in [-0.2, 0) is 30.9 Å². The smallest absolute Gasteiger partial charge is 0.412 e. The maximum atomic E-state index is 13.4. The number of ether oxygens (including phenoxy) is 1. The summed E-state index contributed by atoms with van der Waals surface area (Å²) in [5.41, 5.74) is 2.96. The molecule has 44 heavy (non-hydrogen) atoms. The molecule has 0 aliphatic rings. The Balaban J connectivity index is 1.45. The highest BCUT2D eigenvalue weighted by Gasteiger charge is 2.19. The Labute approximate surface area is 256 Å². The molecule has 0 atom stereocenters. The largest absolute Gasteiger partial charge is 0.444 e. The van der Waals surface area contributed by atoms with Gasteiger partial charge in [-0.25, -0.2) is 17.2 Å². The standard InChI is InChI=1S/C33H34N4O6S/c1-23(38)34-21-25-9-7-10-26(19-25)27-11-8-12-28(20-27)44(41,42)37-18-17-24(22-37)15-16-31(39)35-29-13-5-6-14-30(29)36-32(40)43-33(2,3)4/h5-20,22H,21H2,1-4H3,(H,34,38)(H,35,39)(H,36,40)/b16-15+. The molecule has 0 aliphatic heterocycles. The number of hydrogen-bond acceptors (Lipinski definition) is 6. The van der Waals surface area contributed by atoms with Crippen LogP contribution in [-0.4, -0.2) is 35.9 Å². The van der Waals surface area contributed by atoms with Crippen molar-refractivity contribution in [3.05, 3.63) is 108 Å². The Morgan fingerprint density at radius 3 is 2.20 bits per heavy atom. The molecule has 10 nitrogen and oxygen atoms in total. The van der Waals surface area contributed by atoms with E-state index in [1.54, 1.807) is 63.2 Å². The highest BCUT2D eigenvalue weighted by Crippen LogP contribution is 2.26. The van der Waals surface area contributed by atoms with E-state index >= 15 is 0 Å². The van der Waals surface area contributed by atoms with Crippen molar-refractivity contribution in [3.8, 4) is 11.1 Å². The fourth-order valence-corrected chi connectivity index (χ4v) is 5.40. The van der Waals surface area contributed by atoms with E-state index in [0.29, 0.717) is 29.0 Å². The van der Waals surface area contributed by atoms with Crippen LogP contribution < -0.4 is 16.0 Å². The number of anilines is 2. The summed E-state index contributed by atoms with van der Waals surface area (Å²) in [7, 11) is -3.92. The van der Waals surface area contributed by atoms with Crippen molar-refractivity contribution in [1.29, 1.82) is 0 Å². The Morgan fingerprint density at radius 2 is 1.52 bits per heavy atom. The molecule has 228 valence electrons. The van der Waals surface area contributed by atoms with Gasteiger partial charge < -0.3 is 15.4 Å². The summed E-state index contributed by atoms with van der Waals surface area (Å²) in [6, 6.07) is 22.4. The van der Waals surface area contributed by atoms with E-state index in [-0.39, 0.29) is 10.8 Å². The lowest BCUT2D eigenvalue weighted by Crippen LogP contribution is -2.27. The number of benzene rings is 3. The average molecular weight is 615 g/mol. The molecule has 0 unspecified atom stereocenters. The molecule has 0 spiro atoms. The van der Waals surface area contributed by atoms with Crippen molar-refractivity contribution in [2.75, 3.05) is 10.6 Å². The van der Waals surface area contributed by atoms with Crippen LogP contribution in [0.2, 0.25) is 0 Å². The van der Waals surface area contributed by atoms with E-state index in [4.69, 9.17) is 4.74 Å². The first-order valence-corrected chi connectivity index (χ1v) is 15.2. The Bertz CT molecular complexity index is 1820. The number of hydrogen-bond donors (Lipinski definition) is 3. The molecule has 4 rings (SSSR count). The van der Waals surface area contributed by atoms with Gasteiger partial charge in [0.15, 0.2) is 0 Å². The van der Waals surface area contributed by atoms with E-state index in [9.17, 15) is 22.8 Å². The summed E-state index contributed by atoms with van der Waals surface area (Å²) in [6.07, 6.45) is 4.93. The lowest BCUT2D eigenvalue weighted by Gasteiger charge is -2.20. The van der Waals surface area contributed by atoms with Gasteiger partial charge in [-0.2, -0.15) is 0 Å². The third-order valence-electron chi connectivity index (χ3n) is 6.15. The first-order valence-electron chi connectivity index (χ1n) is 13.8. The maximum Gasteiger partial charge on any atom is 0.412 e. The van der Waals surface area contributed by atoms with E-state index in [0.717, 1.165) is 15.1 Å². The van der Waals surface area contributed by atoms with E-state index in [1.165, 1.54) is 37.5 Å². The minimum absolute atomic E-state index is 0.0974. The van der Waals surface area contributed by atoms with Crippen LogP contribution in [0.3, 0.4) is 0 Å². The zero-order valence-electron chi connectivity index (χ0n) is 24.8. The van der Waals surface area contributed by atoms with Crippen LogP contribution in [0.15, 0.2) is 102 Å². The van der Waals surface area contributed by atoms with Crippen LogP contribution in [0.1, 0.15) is 38.8 Å². The van der Waals surface area contributed by atoms with Gasteiger partial charge in [-0.1, -0.05) is 42.5 Å². The molecule has 0 radical (unpaired) electrons. The van der Waals surface area contributed by atoms with Crippen molar-refractivity contribution in [1.82, 2.24) is 9.29 Å². The zero-order chi connectivity index (χ0) is 31.9. The van der Waals surface area contributed by atoms with Crippen molar-refractivity contribution >= 4 is 45.4 Å². The number of nitrogens with zero attached hydrogens (tertiary/aromatic N) is 1. The third-order valence-corrected chi connectivity index (χ3v) is 7.78. The molecular weight excluding hydrogens is 580 g/mol. The summed E-state index contributed by atoms with van der Waals surface area (Å²) < 4.78 is 33.2. The number of para-hydroxylation sites is 2. The predicted octanol–water partition coefficient (Wildman–Crippen LogP) is 6.03. The maximum absolute atomic E-state index is 13.4. The minimum Gasteiger partial charge on any atom is -0.444 e. The molecule has 0 aliphatic carbocycles. The monoisotopic (exact) mass is 614 g/mol. The van der Waals surface area contributed by atoms with Gasteiger partial charge in [-0.05, 0) is 85.5 Å². The Hall–Kier alpha value is -5.16. The molecular formula is C33H34N4O6S. The fraction of sp³-hybridized carbons (Fsp3) is 0.182. The van der Waals surface area contributed by atoms with Gasteiger partial charge in [-0.15, -0.1) is 0 Å². The number of aromatic nitrogens is 1. The molecule has 11 heteroatoms. The van der Waals surface area contributed by atoms with Crippen LogP contribution in [0.5, 0.6) is 0 Å². The first kappa shape index (κ1) is 31.8. The molecule has 1 heterocycles.